The summed E-state index contributed by atoms with van der Waals surface area (Å²) in [5.74, 6) is -0.677. The summed E-state index contributed by atoms with van der Waals surface area (Å²) < 4.78 is -3.27. The van der Waals surface area contributed by atoms with E-state index in [-0.39, 0.29) is 10.1 Å². The van der Waals surface area contributed by atoms with Crippen LogP contribution in [-0.4, -0.2) is 18.9 Å². The molecular weight excluding hydrogens is 368 g/mol. The van der Waals surface area contributed by atoms with Crippen molar-refractivity contribution in [2.24, 2.45) is 5.92 Å². The van der Waals surface area contributed by atoms with E-state index in [9.17, 15) is 0 Å². The van der Waals surface area contributed by atoms with Gasteiger partial charge in [-0.3, -0.25) is 0 Å². The monoisotopic (exact) mass is 366 g/mol. The van der Waals surface area contributed by atoms with Crippen LogP contribution in [0.15, 0.2) is 10.1 Å². The second-order valence-electron chi connectivity index (χ2n) is 3.45. The van der Waals surface area contributed by atoms with Crippen LogP contribution < -0.4 is 0 Å². The van der Waals surface area contributed by atoms with Gasteiger partial charge in [0.1, 0.15) is 4.87 Å². The second-order valence-corrected chi connectivity index (χ2v) is 8.02. The number of hydrogen-bond donors (Lipinski definition) is 0. The highest BCUT2D eigenvalue weighted by atomic mass is 35.5. The maximum absolute atomic E-state index is 6.23. The van der Waals surface area contributed by atoms with Gasteiger partial charge in [-0.25, -0.2) is 0 Å². The average Bonchev–Trinajstić information content (AvgIpc) is 2.33. The minimum absolute atomic E-state index is 0.109. The second kappa shape index (κ2) is 3.54. The third-order valence-corrected chi connectivity index (χ3v) is 8.07. The van der Waals surface area contributed by atoms with E-state index in [0.29, 0.717) is 0 Å². The molecule has 0 spiro atoms. The summed E-state index contributed by atoms with van der Waals surface area (Å²) in [6.45, 7) is 0. The van der Waals surface area contributed by atoms with E-state index in [4.69, 9.17) is 92.8 Å². The number of hydrogen-bond acceptors (Lipinski definition) is 0. The SMILES string of the molecule is ClC1=C(Cl)C2(Cl)C(Cl)C1C(Cl)(Cl)C2(Cl)Cl. The molecule has 2 aliphatic carbocycles. The molecule has 15 heavy (non-hydrogen) atoms. The zero-order chi connectivity index (χ0) is 11.8. The van der Waals surface area contributed by atoms with Gasteiger partial charge in [-0.2, -0.15) is 0 Å². The number of fused-ring (bicyclic) bond motifs is 2. The van der Waals surface area contributed by atoms with Gasteiger partial charge in [0.2, 0.25) is 0 Å². The number of rotatable bonds is 0. The van der Waals surface area contributed by atoms with Gasteiger partial charge < -0.3 is 0 Å². The first-order valence-corrected chi connectivity index (χ1v) is 6.82. The molecule has 0 N–H and O–H groups in total. The Bertz CT molecular complexity index is 358. The van der Waals surface area contributed by atoms with Crippen molar-refractivity contribution in [3.63, 3.8) is 0 Å². The maximum Gasteiger partial charge on any atom is 0.177 e. The molecule has 1 saturated carbocycles. The maximum atomic E-state index is 6.23. The molecule has 86 valence electrons. The van der Waals surface area contributed by atoms with Crippen LogP contribution in [0, 0.1) is 5.92 Å². The van der Waals surface area contributed by atoms with E-state index < -0.39 is 24.8 Å². The summed E-state index contributed by atoms with van der Waals surface area (Å²) in [6.07, 6.45) is 0. The van der Waals surface area contributed by atoms with E-state index >= 15 is 0 Å². The van der Waals surface area contributed by atoms with Crippen LogP contribution in [0.4, 0.5) is 0 Å². The third-order valence-electron chi connectivity index (χ3n) is 2.74. The van der Waals surface area contributed by atoms with Crippen LogP contribution in [-0.2, 0) is 0 Å². The molecular formula is C7H2Cl8. The first-order valence-electron chi connectivity index (χ1n) is 3.74. The smallest absolute Gasteiger partial charge is 0.120 e. The van der Waals surface area contributed by atoms with E-state index in [1.54, 1.807) is 0 Å². The Morgan fingerprint density at radius 1 is 0.933 bits per heavy atom. The van der Waals surface area contributed by atoms with Crippen molar-refractivity contribution in [2.45, 2.75) is 18.9 Å². The van der Waals surface area contributed by atoms with Gasteiger partial charge in [0, 0.05) is 5.03 Å². The zero-order valence-electron chi connectivity index (χ0n) is 6.68. The van der Waals surface area contributed by atoms with Crippen LogP contribution in [0.2, 0.25) is 0 Å². The van der Waals surface area contributed by atoms with E-state index in [1.807, 2.05) is 0 Å². The van der Waals surface area contributed by atoms with Gasteiger partial charge in [0.25, 0.3) is 0 Å². The fourth-order valence-corrected chi connectivity index (χ4v) is 5.80. The summed E-state index contributed by atoms with van der Waals surface area (Å²) in [7, 11) is 0. The molecule has 3 atom stereocenters. The van der Waals surface area contributed by atoms with Crippen LogP contribution in [0.25, 0.3) is 0 Å². The number of halogens is 8. The van der Waals surface area contributed by atoms with Crippen LogP contribution in [0.3, 0.4) is 0 Å². The molecule has 0 aromatic heterocycles. The average molecular weight is 370 g/mol. The summed E-state index contributed by atoms with van der Waals surface area (Å²) in [5, 5.41) is -0.421. The van der Waals surface area contributed by atoms with E-state index in [0.717, 1.165) is 0 Å². The molecule has 0 radical (unpaired) electrons. The number of allylic oxidation sites excluding steroid dienone is 2. The predicted octanol–water partition coefficient (Wildman–Crippen LogP) is 5.25. The highest BCUT2D eigenvalue weighted by Crippen LogP contribution is 2.74. The third kappa shape index (κ3) is 1.27. The van der Waals surface area contributed by atoms with Crippen molar-refractivity contribution in [3.05, 3.63) is 10.1 Å². The summed E-state index contributed by atoms with van der Waals surface area (Å²) in [6, 6.07) is 0. The Balaban J connectivity index is 2.72. The van der Waals surface area contributed by atoms with Gasteiger partial charge in [-0.1, -0.05) is 69.6 Å². The Kier molecular flexibility index (Phi) is 3.19. The Labute approximate surface area is 127 Å². The lowest BCUT2D eigenvalue weighted by Gasteiger charge is -2.39. The molecule has 8 heteroatoms. The first-order chi connectivity index (χ1) is 6.60. The Morgan fingerprint density at radius 2 is 1.40 bits per heavy atom. The van der Waals surface area contributed by atoms with Crippen molar-refractivity contribution in [1.82, 2.24) is 0 Å². The predicted molar refractivity (Wildman–Crippen MR) is 69.3 cm³/mol. The highest BCUT2D eigenvalue weighted by molar-refractivity contribution is 6.70. The summed E-state index contributed by atoms with van der Waals surface area (Å²) >= 11 is 48.5. The molecule has 2 bridgehead atoms. The topological polar surface area (TPSA) is 0 Å². The van der Waals surface area contributed by atoms with Gasteiger partial charge in [0.15, 0.2) is 8.67 Å². The lowest BCUT2D eigenvalue weighted by molar-refractivity contribution is 0.614. The molecule has 0 aliphatic heterocycles. The van der Waals surface area contributed by atoms with E-state index in [1.165, 1.54) is 0 Å². The summed E-state index contributed by atoms with van der Waals surface area (Å²) in [4.78, 5) is -1.45. The van der Waals surface area contributed by atoms with Crippen molar-refractivity contribution in [1.29, 1.82) is 0 Å². The molecule has 0 amide bonds. The minimum atomic E-state index is -1.70. The van der Waals surface area contributed by atoms with Crippen molar-refractivity contribution in [2.75, 3.05) is 0 Å². The van der Waals surface area contributed by atoms with E-state index in [2.05, 4.69) is 0 Å². The largest absolute Gasteiger partial charge is 0.177 e. The first kappa shape index (κ1) is 13.5. The van der Waals surface area contributed by atoms with Crippen molar-refractivity contribution >= 4 is 92.8 Å². The van der Waals surface area contributed by atoms with Gasteiger partial charge >= 0.3 is 0 Å². The molecule has 0 saturated heterocycles. The molecule has 0 nitrogen and oxygen atoms in total. The number of alkyl halides is 6. The van der Waals surface area contributed by atoms with Gasteiger partial charge in [-0.15, -0.1) is 23.2 Å². The molecule has 0 aromatic carbocycles. The van der Waals surface area contributed by atoms with Crippen molar-refractivity contribution in [3.8, 4) is 0 Å². The van der Waals surface area contributed by atoms with Crippen molar-refractivity contribution < 1.29 is 0 Å². The lowest BCUT2D eigenvalue weighted by atomic mass is 10.0. The Hall–Kier alpha value is 2.06. The normalized spacial score (nSPS) is 46.4. The lowest BCUT2D eigenvalue weighted by Crippen LogP contribution is -2.50. The zero-order valence-corrected chi connectivity index (χ0v) is 12.7. The van der Waals surface area contributed by atoms with Gasteiger partial charge in [0.05, 0.1) is 16.3 Å². The fourth-order valence-electron chi connectivity index (χ4n) is 1.88. The molecule has 1 fully saturated rings. The van der Waals surface area contributed by atoms with Crippen LogP contribution in [0.5, 0.6) is 0 Å². The van der Waals surface area contributed by atoms with Crippen LogP contribution >= 0.6 is 92.8 Å². The quantitative estimate of drug-likeness (QED) is 0.511. The standard InChI is InChI=1S/C7H2Cl8/c8-2-1-3(9)5(11,4(2)10)7(14,15)6(1,12)13/h1,3H. The molecule has 0 heterocycles. The van der Waals surface area contributed by atoms with Gasteiger partial charge in [-0.05, 0) is 0 Å². The fraction of sp³-hybridized carbons (Fsp3) is 0.714. The molecule has 0 aromatic rings. The highest BCUT2D eigenvalue weighted by Gasteiger charge is 2.80. The summed E-state index contributed by atoms with van der Waals surface area (Å²) in [5.41, 5.74) is 0. The Morgan fingerprint density at radius 3 is 1.73 bits per heavy atom. The minimum Gasteiger partial charge on any atom is -0.120 e. The molecule has 3 unspecified atom stereocenters. The molecule has 2 rings (SSSR count). The molecule has 2 aliphatic rings. The van der Waals surface area contributed by atoms with Crippen LogP contribution in [0.1, 0.15) is 0 Å².